The van der Waals surface area contributed by atoms with Gasteiger partial charge in [-0.1, -0.05) is 6.07 Å². The second-order valence-corrected chi connectivity index (χ2v) is 6.43. The summed E-state index contributed by atoms with van der Waals surface area (Å²) < 4.78 is 10.4. The zero-order valence-electron chi connectivity index (χ0n) is 14.5. The molecule has 1 atom stereocenters. The Balaban J connectivity index is 1.52. The molecule has 3 aromatic heterocycles. The average Bonchev–Trinajstić information content (AvgIpc) is 3.22. The van der Waals surface area contributed by atoms with Crippen LogP contribution in [0.3, 0.4) is 0 Å². The van der Waals surface area contributed by atoms with Gasteiger partial charge in [0.2, 0.25) is 5.88 Å². The first-order chi connectivity index (χ1) is 12.3. The molecule has 130 valence electrons. The van der Waals surface area contributed by atoms with Crippen molar-refractivity contribution < 1.29 is 4.74 Å². The van der Waals surface area contributed by atoms with Crippen molar-refractivity contribution in [3.05, 3.63) is 66.4 Å². The highest BCUT2D eigenvalue weighted by atomic mass is 16.5. The Morgan fingerprint density at radius 1 is 1.20 bits per heavy atom. The smallest absolute Gasteiger partial charge is 0.213 e. The van der Waals surface area contributed by atoms with Gasteiger partial charge in [-0.05, 0) is 25.1 Å². The third-order valence-corrected chi connectivity index (χ3v) is 4.51. The molecule has 0 saturated heterocycles. The van der Waals surface area contributed by atoms with E-state index in [0.29, 0.717) is 5.88 Å². The highest BCUT2D eigenvalue weighted by Crippen LogP contribution is 2.19. The molecule has 0 fully saturated rings. The van der Waals surface area contributed by atoms with E-state index in [1.165, 1.54) is 11.3 Å². The molecule has 1 aliphatic rings. The second-order valence-electron chi connectivity index (χ2n) is 6.43. The van der Waals surface area contributed by atoms with Crippen molar-refractivity contribution in [1.82, 2.24) is 24.2 Å². The quantitative estimate of drug-likeness (QED) is 0.718. The maximum Gasteiger partial charge on any atom is 0.213 e. The molecule has 0 radical (unpaired) electrons. The third kappa shape index (κ3) is 3.74. The molecule has 3 aromatic rings. The Morgan fingerprint density at radius 3 is 2.96 bits per heavy atom. The van der Waals surface area contributed by atoms with Crippen LogP contribution in [0, 0.1) is 0 Å². The van der Waals surface area contributed by atoms with Crippen LogP contribution in [0.15, 0.2) is 55.1 Å². The molecular weight excluding hydrogens is 314 g/mol. The van der Waals surface area contributed by atoms with Crippen LogP contribution in [0.4, 0.5) is 0 Å². The van der Waals surface area contributed by atoms with Crippen LogP contribution < -0.4 is 4.74 Å². The van der Waals surface area contributed by atoms with Crippen LogP contribution in [0.5, 0.6) is 5.88 Å². The van der Waals surface area contributed by atoms with Gasteiger partial charge in [-0.25, -0.2) is 4.98 Å². The maximum atomic E-state index is 6.16. The first-order valence-electron chi connectivity index (χ1n) is 8.75. The predicted molar refractivity (Wildman–Crippen MR) is 95.1 cm³/mol. The van der Waals surface area contributed by atoms with Crippen molar-refractivity contribution in [3.8, 4) is 5.88 Å². The predicted octanol–water partition coefficient (Wildman–Crippen LogP) is 2.56. The standard InChI is InChI=1S/C19H23N5O/c1-2-24-12-16(10-21-24)11-22-13-17-6-5-9-23(17)15-18(14-22)25-19-7-3-4-8-20-19/h3-10,12,18H,2,11,13-15H2,1H3/t18-/m0/s1. The van der Waals surface area contributed by atoms with Gasteiger partial charge in [0, 0.05) is 62.1 Å². The SMILES string of the molecule is CCn1cc(CN2Cc3cccn3C[C@@H](Oc3ccccn3)C2)cn1. The van der Waals surface area contributed by atoms with Crippen molar-refractivity contribution in [3.63, 3.8) is 0 Å². The van der Waals surface area contributed by atoms with Crippen LogP contribution in [-0.2, 0) is 26.2 Å². The van der Waals surface area contributed by atoms with Gasteiger partial charge in [0.15, 0.2) is 0 Å². The summed E-state index contributed by atoms with van der Waals surface area (Å²) in [5, 5.41) is 4.39. The summed E-state index contributed by atoms with van der Waals surface area (Å²) in [5.41, 5.74) is 2.55. The Bertz CT molecular complexity index is 810. The van der Waals surface area contributed by atoms with E-state index in [0.717, 1.165) is 32.7 Å². The van der Waals surface area contributed by atoms with Gasteiger partial charge in [0.25, 0.3) is 0 Å². The topological polar surface area (TPSA) is 48.1 Å². The number of aromatic nitrogens is 4. The van der Waals surface area contributed by atoms with Crippen molar-refractivity contribution in [1.29, 1.82) is 0 Å². The number of nitrogens with zero attached hydrogens (tertiary/aromatic N) is 5. The average molecular weight is 337 g/mol. The molecule has 0 aromatic carbocycles. The van der Waals surface area contributed by atoms with E-state index in [1.54, 1.807) is 6.20 Å². The number of hydrogen-bond acceptors (Lipinski definition) is 4. The summed E-state index contributed by atoms with van der Waals surface area (Å²) >= 11 is 0. The molecule has 6 nitrogen and oxygen atoms in total. The highest BCUT2D eigenvalue weighted by molar-refractivity contribution is 5.13. The van der Waals surface area contributed by atoms with Crippen LogP contribution >= 0.6 is 0 Å². The number of ether oxygens (including phenoxy) is 1. The molecule has 0 saturated carbocycles. The zero-order valence-corrected chi connectivity index (χ0v) is 14.5. The number of hydrogen-bond donors (Lipinski definition) is 0. The summed E-state index contributed by atoms with van der Waals surface area (Å²) in [6.07, 6.45) is 8.04. The van der Waals surface area contributed by atoms with Crippen LogP contribution in [0.1, 0.15) is 18.2 Å². The minimum Gasteiger partial charge on any atom is -0.471 e. The molecule has 0 unspecified atom stereocenters. The molecule has 1 aliphatic heterocycles. The zero-order chi connectivity index (χ0) is 17.1. The molecule has 0 amide bonds. The van der Waals surface area contributed by atoms with Gasteiger partial charge < -0.3 is 9.30 Å². The molecule has 0 bridgehead atoms. The Labute approximate surface area is 147 Å². The molecule has 6 heteroatoms. The van der Waals surface area contributed by atoms with E-state index >= 15 is 0 Å². The number of aryl methyl sites for hydroxylation is 1. The fourth-order valence-electron chi connectivity index (χ4n) is 3.33. The van der Waals surface area contributed by atoms with Crippen molar-refractivity contribution in [2.45, 2.75) is 39.2 Å². The minimum atomic E-state index is 0.0600. The van der Waals surface area contributed by atoms with Gasteiger partial charge in [0.1, 0.15) is 6.10 Å². The van der Waals surface area contributed by atoms with E-state index in [1.807, 2.05) is 29.1 Å². The summed E-state index contributed by atoms with van der Waals surface area (Å²) in [7, 11) is 0. The molecule has 0 spiro atoms. The normalized spacial score (nSPS) is 17.9. The van der Waals surface area contributed by atoms with Crippen molar-refractivity contribution in [2.24, 2.45) is 0 Å². The first-order valence-corrected chi connectivity index (χ1v) is 8.75. The van der Waals surface area contributed by atoms with Gasteiger partial charge in [-0.15, -0.1) is 0 Å². The van der Waals surface area contributed by atoms with Gasteiger partial charge in [-0.2, -0.15) is 5.10 Å². The van der Waals surface area contributed by atoms with Crippen LogP contribution in [0.25, 0.3) is 0 Å². The summed E-state index contributed by atoms with van der Waals surface area (Å²) in [5.74, 6) is 0.682. The largest absolute Gasteiger partial charge is 0.471 e. The summed E-state index contributed by atoms with van der Waals surface area (Å²) in [4.78, 5) is 6.73. The fourth-order valence-corrected chi connectivity index (χ4v) is 3.33. The summed E-state index contributed by atoms with van der Waals surface area (Å²) in [6, 6.07) is 10.1. The lowest BCUT2D eigenvalue weighted by atomic mass is 10.2. The number of fused-ring (bicyclic) bond motifs is 1. The molecule has 25 heavy (non-hydrogen) atoms. The Kier molecular flexibility index (Phi) is 4.52. The van der Waals surface area contributed by atoms with Gasteiger partial charge in [0.05, 0.1) is 12.7 Å². The molecule has 4 rings (SSSR count). The second kappa shape index (κ2) is 7.11. The number of rotatable bonds is 5. The van der Waals surface area contributed by atoms with E-state index in [-0.39, 0.29) is 6.10 Å². The fraction of sp³-hybridized carbons (Fsp3) is 0.368. The monoisotopic (exact) mass is 337 g/mol. The first kappa shape index (κ1) is 15.9. The van der Waals surface area contributed by atoms with Crippen LogP contribution in [0.2, 0.25) is 0 Å². The maximum absolute atomic E-state index is 6.16. The third-order valence-electron chi connectivity index (χ3n) is 4.51. The molecule has 4 heterocycles. The number of pyridine rings is 1. The van der Waals surface area contributed by atoms with Crippen molar-refractivity contribution >= 4 is 0 Å². The molecule has 0 N–H and O–H groups in total. The lowest BCUT2D eigenvalue weighted by Crippen LogP contribution is -2.34. The highest BCUT2D eigenvalue weighted by Gasteiger charge is 2.23. The van der Waals surface area contributed by atoms with E-state index in [2.05, 4.69) is 51.0 Å². The Hall–Kier alpha value is -2.60. The summed E-state index contributed by atoms with van der Waals surface area (Å²) in [6.45, 7) is 6.47. The Morgan fingerprint density at radius 2 is 2.16 bits per heavy atom. The lowest BCUT2D eigenvalue weighted by Gasteiger charge is -2.23. The van der Waals surface area contributed by atoms with Crippen LogP contribution in [-0.4, -0.2) is 36.9 Å². The molecule has 0 aliphatic carbocycles. The van der Waals surface area contributed by atoms with E-state index in [4.69, 9.17) is 4.74 Å². The van der Waals surface area contributed by atoms with Crippen molar-refractivity contribution in [2.75, 3.05) is 6.54 Å². The van der Waals surface area contributed by atoms with Gasteiger partial charge in [-0.3, -0.25) is 9.58 Å². The minimum absolute atomic E-state index is 0.0600. The van der Waals surface area contributed by atoms with E-state index in [9.17, 15) is 0 Å². The lowest BCUT2D eigenvalue weighted by molar-refractivity contribution is 0.119. The van der Waals surface area contributed by atoms with Gasteiger partial charge >= 0.3 is 0 Å². The molecular formula is C19H23N5O. The van der Waals surface area contributed by atoms with E-state index < -0.39 is 0 Å².